The van der Waals surface area contributed by atoms with Gasteiger partial charge in [0.15, 0.2) is 5.65 Å². The van der Waals surface area contributed by atoms with Crippen LogP contribution in [0, 0.1) is 6.92 Å². The number of hydrogen-bond acceptors (Lipinski definition) is 4. The Balaban J connectivity index is 1.69. The SMILES string of the molecule is Cc1ccccc1CNc1ccc(-c2ccncc2)c2nncn12. The summed E-state index contributed by atoms with van der Waals surface area (Å²) in [6.07, 6.45) is 5.30. The van der Waals surface area contributed by atoms with E-state index in [1.165, 1.54) is 11.1 Å². The molecule has 0 unspecified atom stereocenters. The topological polar surface area (TPSA) is 55.1 Å². The number of fused-ring (bicyclic) bond motifs is 1. The second-order valence-electron chi connectivity index (χ2n) is 5.67. The lowest BCUT2D eigenvalue weighted by atomic mass is 10.1. The average Bonchev–Trinajstić information content (AvgIpc) is 3.11. The van der Waals surface area contributed by atoms with E-state index in [4.69, 9.17) is 0 Å². The van der Waals surface area contributed by atoms with E-state index < -0.39 is 0 Å². The van der Waals surface area contributed by atoms with Gasteiger partial charge in [-0.2, -0.15) is 0 Å². The minimum Gasteiger partial charge on any atom is -0.367 e. The molecule has 0 saturated carbocycles. The zero-order valence-electron chi connectivity index (χ0n) is 13.3. The lowest BCUT2D eigenvalue weighted by Gasteiger charge is -2.12. The van der Waals surface area contributed by atoms with Gasteiger partial charge in [-0.25, -0.2) is 0 Å². The number of anilines is 1. The molecule has 5 heteroatoms. The van der Waals surface area contributed by atoms with Crippen molar-refractivity contribution in [1.29, 1.82) is 0 Å². The summed E-state index contributed by atoms with van der Waals surface area (Å²) in [5.74, 6) is 0.969. The number of rotatable bonds is 4. The van der Waals surface area contributed by atoms with Crippen molar-refractivity contribution >= 4 is 11.5 Å². The average molecular weight is 315 g/mol. The number of hydrogen-bond donors (Lipinski definition) is 1. The maximum atomic E-state index is 4.28. The van der Waals surface area contributed by atoms with Crippen LogP contribution in [0.1, 0.15) is 11.1 Å². The van der Waals surface area contributed by atoms with Crippen molar-refractivity contribution in [2.75, 3.05) is 5.32 Å². The van der Waals surface area contributed by atoms with E-state index in [0.29, 0.717) is 0 Å². The van der Waals surface area contributed by atoms with Gasteiger partial charge >= 0.3 is 0 Å². The first-order valence-electron chi connectivity index (χ1n) is 7.84. The summed E-state index contributed by atoms with van der Waals surface area (Å²) < 4.78 is 1.98. The number of nitrogens with zero attached hydrogens (tertiary/aromatic N) is 4. The Hall–Kier alpha value is -3.21. The van der Waals surface area contributed by atoms with Gasteiger partial charge in [-0.05, 0) is 47.9 Å². The number of benzene rings is 1. The Kier molecular flexibility index (Phi) is 3.67. The van der Waals surface area contributed by atoms with Crippen LogP contribution in [0.4, 0.5) is 5.82 Å². The predicted octanol–water partition coefficient (Wildman–Crippen LogP) is 3.71. The zero-order valence-corrected chi connectivity index (χ0v) is 13.3. The van der Waals surface area contributed by atoms with Gasteiger partial charge in [-0.3, -0.25) is 9.38 Å². The molecule has 0 aliphatic carbocycles. The first-order valence-corrected chi connectivity index (χ1v) is 7.84. The fourth-order valence-electron chi connectivity index (χ4n) is 2.81. The van der Waals surface area contributed by atoms with E-state index in [-0.39, 0.29) is 0 Å². The number of aromatic nitrogens is 4. The number of nitrogens with one attached hydrogen (secondary N) is 1. The maximum Gasteiger partial charge on any atom is 0.170 e. The molecule has 0 radical (unpaired) electrons. The van der Waals surface area contributed by atoms with E-state index in [1.807, 2.05) is 16.5 Å². The van der Waals surface area contributed by atoms with Gasteiger partial charge in [-0.1, -0.05) is 24.3 Å². The predicted molar refractivity (Wildman–Crippen MR) is 94.7 cm³/mol. The first-order chi connectivity index (χ1) is 11.8. The Labute approximate surface area is 140 Å². The fraction of sp³-hybridized carbons (Fsp3) is 0.105. The molecule has 0 bridgehead atoms. The lowest BCUT2D eigenvalue weighted by molar-refractivity contribution is 1.05. The molecule has 3 heterocycles. The van der Waals surface area contributed by atoms with Gasteiger partial charge in [0.05, 0.1) is 0 Å². The molecule has 1 N–H and O–H groups in total. The summed E-state index contributed by atoms with van der Waals surface area (Å²) >= 11 is 0. The molecular weight excluding hydrogens is 298 g/mol. The number of pyridine rings is 2. The van der Waals surface area contributed by atoms with Crippen molar-refractivity contribution < 1.29 is 0 Å². The van der Waals surface area contributed by atoms with Crippen LogP contribution in [0.25, 0.3) is 16.8 Å². The van der Waals surface area contributed by atoms with Crippen LogP contribution in [0.15, 0.2) is 67.3 Å². The summed E-state index contributed by atoms with van der Waals surface area (Å²) in [5, 5.41) is 11.8. The summed E-state index contributed by atoms with van der Waals surface area (Å²) in [7, 11) is 0. The van der Waals surface area contributed by atoms with Crippen LogP contribution < -0.4 is 5.32 Å². The summed E-state index contributed by atoms with van der Waals surface area (Å²) in [5.41, 5.74) is 5.50. The Morgan fingerprint density at radius 1 is 1.00 bits per heavy atom. The second kappa shape index (κ2) is 6.12. The molecule has 0 aliphatic heterocycles. The van der Waals surface area contributed by atoms with Crippen LogP contribution in [0.3, 0.4) is 0 Å². The molecule has 4 aromatic rings. The molecule has 0 amide bonds. The van der Waals surface area contributed by atoms with E-state index in [9.17, 15) is 0 Å². The van der Waals surface area contributed by atoms with Gasteiger partial charge in [0.1, 0.15) is 12.1 Å². The van der Waals surface area contributed by atoms with Gasteiger partial charge in [-0.15, -0.1) is 10.2 Å². The minimum atomic E-state index is 0.758. The summed E-state index contributed by atoms with van der Waals surface area (Å²) in [4.78, 5) is 4.07. The monoisotopic (exact) mass is 315 g/mol. The van der Waals surface area contributed by atoms with Crippen molar-refractivity contribution in [2.45, 2.75) is 13.5 Å². The molecule has 0 aliphatic rings. The van der Waals surface area contributed by atoms with Crippen molar-refractivity contribution in [3.05, 3.63) is 78.4 Å². The van der Waals surface area contributed by atoms with Crippen molar-refractivity contribution in [3.8, 4) is 11.1 Å². The fourth-order valence-corrected chi connectivity index (χ4v) is 2.81. The number of aryl methyl sites for hydroxylation is 1. The first kappa shape index (κ1) is 14.4. The van der Waals surface area contributed by atoms with Crippen LogP contribution in [-0.4, -0.2) is 19.6 Å². The van der Waals surface area contributed by atoms with Gasteiger partial charge in [0.25, 0.3) is 0 Å². The van der Waals surface area contributed by atoms with Gasteiger partial charge in [0, 0.05) is 24.5 Å². The van der Waals surface area contributed by atoms with Crippen LogP contribution in [0.2, 0.25) is 0 Å². The molecular formula is C19H17N5. The van der Waals surface area contributed by atoms with Gasteiger partial charge < -0.3 is 5.32 Å². The lowest BCUT2D eigenvalue weighted by Crippen LogP contribution is -2.05. The highest BCUT2D eigenvalue weighted by atomic mass is 15.3. The molecule has 118 valence electrons. The molecule has 3 aromatic heterocycles. The maximum absolute atomic E-state index is 4.28. The van der Waals surface area contributed by atoms with E-state index in [0.717, 1.165) is 29.1 Å². The minimum absolute atomic E-state index is 0.758. The quantitative estimate of drug-likeness (QED) is 0.624. The third-order valence-electron chi connectivity index (χ3n) is 4.17. The second-order valence-corrected chi connectivity index (χ2v) is 5.67. The molecule has 1 aromatic carbocycles. The van der Waals surface area contributed by atoms with Crippen molar-refractivity contribution in [1.82, 2.24) is 19.6 Å². The largest absolute Gasteiger partial charge is 0.367 e. The third-order valence-corrected chi connectivity index (χ3v) is 4.17. The molecule has 0 spiro atoms. The molecule has 0 atom stereocenters. The molecule has 0 saturated heterocycles. The Morgan fingerprint density at radius 2 is 1.83 bits per heavy atom. The Morgan fingerprint density at radius 3 is 2.67 bits per heavy atom. The van der Waals surface area contributed by atoms with Crippen molar-refractivity contribution in [2.24, 2.45) is 0 Å². The third kappa shape index (κ3) is 2.60. The van der Waals surface area contributed by atoms with Crippen molar-refractivity contribution in [3.63, 3.8) is 0 Å². The highest BCUT2D eigenvalue weighted by molar-refractivity contribution is 5.78. The molecule has 0 fully saturated rings. The van der Waals surface area contributed by atoms with E-state index in [1.54, 1.807) is 18.7 Å². The van der Waals surface area contributed by atoms with Crippen LogP contribution in [0.5, 0.6) is 0 Å². The van der Waals surface area contributed by atoms with Crippen LogP contribution in [-0.2, 0) is 6.54 Å². The molecule has 4 rings (SSSR count). The Bertz CT molecular complexity index is 975. The highest BCUT2D eigenvalue weighted by Gasteiger charge is 2.09. The van der Waals surface area contributed by atoms with Crippen LogP contribution >= 0.6 is 0 Å². The van der Waals surface area contributed by atoms with Gasteiger partial charge in [0.2, 0.25) is 0 Å². The summed E-state index contributed by atoms with van der Waals surface area (Å²) in [6, 6.07) is 16.5. The summed E-state index contributed by atoms with van der Waals surface area (Å²) in [6.45, 7) is 2.88. The van der Waals surface area contributed by atoms with E-state index >= 15 is 0 Å². The molecule has 24 heavy (non-hydrogen) atoms. The van der Waals surface area contributed by atoms with E-state index in [2.05, 4.69) is 63.8 Å². The normalized spacial score (nSPS) is 10.9. The highest BCUT2D eigenvalue weighted by Crippen LogP contribution is 2.25. The molecule has 5 nitrogen and oxygen atoms in total. The standard InChI is InChI=1S/C19H17N5/c1-14-4-2-3-5-16(14)12-21-18-7-6-17(15-8-10-20-11-9-15)19-23-22-13-24(18)19/h2-11,13,21H,12H2,1H3. The smallest absolute Gasteiger partial charge is 0.170 e. The zero-order chi connectivity index (χ0) is 16.4.